The Morgan fingerprint density at radius 2 is 1.86 bits per heavy atom. The highest BCUT2D eigenvalue weighted by Crippen LogP contribution is 2.18. The van der Waals surface area contributed by atoms with Gasteiger partial charge in [0, 0.05) is 5.56 Å². The summed E-state index contributed by atoms with van der Waals surface area (Å²) in [5.41, 5.74) is -0.542. The lowest BCUT2D eigenvalue weighted by molar-refractivity contribution is -0.255. The predicted octanol–water partition coefficient (Wildman–Crippen LogP) is -1.58. The molecule has 0 aliphatic rings. The summed E-state index contributed by atoms with van der Waals surface area (Å²) in [7, 11) is 1.28. The van der Waals surface area contributed by atoms with Crippen molar-refractivity contribution in [2.24, 2.45) is 0 Å². The van der Waals surface area contributed by atoms with E-state index in [0.29, 0.717) is 0 Å². The normalized spacial score (nSPS) is 9.50. The van der Waals surface area contributed by atoms with E-state index < -0.39 is 11.9 Å². The Morgan fingerprint density at radius 1 is 1.21 bits per heavy atom. The number of carbonyl (C=O) groups is 2. The highest BCUT2D eigenvalue weighted by Gasteiger charge is 2.05. The Labute approximate surface area is 79.6 Å². The summed E-state index contributed by atoms with van der Waals surface area (Å²) in [4.78, 5) is 21.0. The van der Waals surface area contributed by atoms with Crippen molar-refractivity contribution in [3.63, 3.8) is 0 Å². The van der Waals surface area contributed by atoms with Crippen molar-refractivity contribution in [3.05, 3.63) is 29.3 Å². The predicted molar refractivity (Wildman–Crippen MR) is 41.7 cm³/mol. The Kier molecular flexibility index (Phi) is 2.71. The number of methoxy groups -OCH3 is 1. The van der Waals surface area contributed by atoms with Crippen LogP contribution in [-0.2, 0) is 0 Å². The van der Waals surface area contributed by atoms with Gasteiger partial charge in [-0.1, -0.05) is 0 Å². The van der Waals surface area contributed by atoms with E-state index in [-0.39, 0.29) is 16.9 Å². The first-order chi connectivity index (χ1) is 6.56. The Hall–Kier alpha value is -2.04. The molecule has 1 aromatic rings. The number of carbonyl (C=O) groups excluding carboxylic acids is 2. The molecule has 0 aromatic heterocycles. The van der Waals surface area contributed by atoms with Gasteiger partial charge in [-0.2, -0.15) is 0 Å². The first-order valence-electron chi connectivity index (χ1n) is 3.67. The van der Waals surface area contributed by atoms with Crippen molar-refractivity contribution in [2.45, 2.75) is 0 Å². The summed E-state index contributed by atoms with van der Waals surface area (Å²) >= 11 is 0. The number of rotatable bonds is 3. The third kappa shape index (κ3) is 1.82. The quantitative estimate of drug-likeness (QED) is 0.579. The third-order valence-corrected chi connectivity index (χ3v) is 1.66. The van der Waals surface area contributed by atoms with Crippen molar-refractivity contribution in [3.8, 4) is 5.75 Å². The molecule has 1 aromatic carbocycles. The van der Waals surface area contributed by atoms with E-state index in [1.807, 2.05) is 0 Å². The highest BCUT2D eigenvalue weighted by molar-refractivity contribution is 5.94. The minimum absolute atomic E-state index is 0.0509. The van der Waals surface area contributed by atoms with Crippen LogP contribution in [0.1, 0.15) is 20.7 Å². The highest BCUT2D eigenvalue weighted by atomic mass is 16.5. The van der Waals surface area contributed by atoms with E-state index in [9.17, 15) is 19.8 Å². The number of carboxylic acids is 2. The van der Waals surface area contributed by atoms with E-state index in [2.05, 4.69) is 0 Å². The van der Waals surface area contributed by atoms with Crippen molar-refractivity contribution in [1.29, 1.82) is 0 Å². The minimum atomic E-state index is -1.50. The van der Waals surface area contributed by atoms with Crippen LogP contribution < -0.4 is 14.9 Å². The van der Waals surface area contributed by atoms with Gasteiger partial charge >= 0.3 is 0 Å². The van der Waals surface area contributed by atoms with Gasteiger partial charge in [0.15, 0.2) is 0 Å². The molecule has 0 radical (unpaired) electrons. The zero-order valence-electron chi connectivity index (χ0n) is 7.27. The molecule has 74 valence electrons. The summed E-state index contributed by atoms with van der Waals surface area (Å²) in [6.07, 6.45) is 0. The molecule has 0 spiro atoms. The molecule has 5 heteroatoms. The van der Waals surface area contributed by atoms with Crippen LogP contribution in [0.5, 0.6) is 5.75 Å². The maximum absolute atomic E-state index is 10.6. The number of benzene rings is 1. The van der Waals surface area contributed by atoms with Gasteiger partial charge < -0.3 is 24.5 Å². The second kappa shape index (κ2) is 3.78. The average molecular weight is 194 g/mol. The van der Waals surface area contributed by atoms with Crippen LogP contribution in [-0.4, -0.2) is 19.0 Å². The lowest BCUT2D eigenvalue weighted by Gasteiger charge is -2.11. The largest absolute Gasteiger partial charge is 0.545 e. The molecule has 0 aliphatic carbocycles. The molecule has 0 aliphatic heterocycles. The van der Waals surface area contributed by atoms with Crippen molar-refractivity contribution < 1.29 is 24.5 Å². The van der Waals surface area contributed by atoms with E-state index >= 15 is 0 Å². The number of aromatic carboxylic acids is 2. The van der Waals surface area contributed by atoms with Gasteiger partial charge in [0.25, 0.3) is 0 Å². The number of hydrogen-bond donors (Lipinski definition) is 0. The minimum Gasteiger partial charge on any atom is -0.545 e. The lowest BCUT2D eigenvalue weighted by atomic mass is 10.1. The summed E-state index contributed by atoms with van der Waals surface area (Å²) < 4.78 is 4.71. The Morgan fingerprint density at radius 3 is 2.29 bits per heavy atom. The number of hydrogen-bond acceptors (Lipinski definition) is 5. The zero-order chi connectivity index (χ0) is 10.7. The summed E-state index contributed by atoms with van der Waals surface area (Å²) in [6.45, 7) is 0. The molecular formula is C9H6O5-2. The van der Waals surface area contributed by atoms with Crippen molar-refractivity contribution in [2.75, 3.05) is 7.11 Å². The first kappa shape index (κ1) is 10.0. The molecule has 0 fully saturated rings. The molecule has 0 saturated heterocycles. The van der Waals surface area contributed by atoms with Gasteiger partial charge in [-0.3, -0.25) is 0 Å². The van der Waals surface area contributed by atoms with Crippen LogP contribution in [0.15, 0.2) is 18.2 Å². The van der Waals surface area contributed by atoms with Gasteiger partial charge in [0.05, 0.1) is 19.0 Å². The fourth-order valence-corrected chi connectivity index (χ4v) is 0.994. The standard InChI is InChI=1S/C9H8O5/c1-14-7-3-2-5(8(10)11)4-6(7)9(12)13/h2-4H,1H3,(H,10,11)(H,12,13)/p-2. The van der Waals surface area contributed by atoms with Gasteiger partial charge in [0.1, 0.15) is 5.75 Å². The van der Waals surface area contributed by atoms with Crippen LogP contribution in [0.25, 0.3) is 0 Å². The van der Waals surface area contributed by atoms with Gasteiger partial charge in [0.2, 0.25) is 0 Å². The van der Waals surface area contributed by atoms with Gasteiger partial charge in [-0.05, 0) is 23.8 Å². The molecular weight excluding hydrogens is 188 g/mol. The van der Waals surface area contributed by atoms with Crippen molar-refractivity contribution in [1.82, 2.24) is 0 Å². The molecule has 0 atom stereocenters. The average Bonchev–Trinajstić information content (AvgIpc) is 2.16. The number of carboxylic acid groups (broad SMARTS) is 2. The second-order valence-electron chi connectivity index (χ2n) is 2.49. The molecule has 0 saturated carbocycles. The monoisotopic (exact) mass is 194 g/mol. The van der Waals surface area contributed by atoms with Crippen LogP contribution in [0.3, 0.4) is 0 Å². The molecule has 0 bridgehead atoms. The van der Waals surface area contributed by atoms with Crippen LogP contribution in [0.2, 0.25) is 0 Å². The fraction of sp³-hybridized carbons (Fsp3) is 0.111. The van der Waals surface area contributed by atoms with E-state index in [1.54, 1.807) is 0 Å². The third-order valence-electron chi connectivity index (χ3n) is 1.66. The molecule has 14 heavy (non-hydrogen) atoms. The summed E-state index contributed by atoms with van der Waals surface area (Å²) in [5, 5.41) is 21.0. The molecule has 0 unspecified atom stereocenters. The second-order valence-corrected chi connectivity index (χ2v) is 2.49. The lowest BCUT2D eigenvalue weighted by Crippen LogP contribution is -2.26. The molecule has 0 heterocycles. The molecule has 0 amide bonds. The SMILES string of the molecule is COc1ccc(C(=O)[O-])cc1C(=O)[O-]. The summed E-state index contributed by atoms with van der Waals surface area (Å²) in [6, 6.07) is 3.36. The maximum atomic E-state index is 10.6. The van der Waals surface area contributed by atoms with Crippen molar-refractivity contribution >= 4 is 11.9 Å². The topological polar surface area (TPSA) is 89.5 Å². The smallest absolute Gasteiger partial charge is 0.127 e. The van der Waals surface area contributed by atoms with Crippen LogP contribution in [0.4, 0.5) is 0 Å². The molecule has 1 rings (SSSR count). The Balaban J connectivity index is 3.27. The zero-order valence-corrected chi connectivity index (χ0v) is 7.27. The van der Waals surface area contributed by atoms with E-state index in [1.165, 1.54) is 19.2 Å². The van der Waals surface area contributed by atoms with E-state index in [0.717, 1.165) is 6.07 Å². The van der Waals surface area contributed by atoms with Crippen LogP contribution in [0, 0.1) is 0 Å². The molecule has 5 nitrogen and oxygen atoms in total. The van der Waals surface area contributed by atoms with Crippen LogP contribution >= 0.6 is 0 Å². The molecule has 0 N–H and O–H groups in total. The summed E-state index contributed by atoms with van der Waals surface area (Å²) in [5.74, 6) is -2.89. The van der Waals surface area contributed by atoms with Gasteiger partial charge in [-0.25, -0.2) is 0 Å². The fourth-order valence-electron chi connectivity index (χ4n) is 0.994. The maximum Gasteiger partial charge on any atom is 0.127 e. The van der Waals surface area contributed by atoms with Gasteiger partial charge in [-0.15, -0.1) is 0 Å². The Bertz CT molecular complexity index is 383. The van der Waals surface area contributed by atoms with E-state index in [4.69, 9.17) is 4.74 Å². The number of ether oxygens (including phenoxy) is 1. The first-order valence-corrected chi connectivity index (χ1v) is 3.67.